The van der Waals surface area contributed by atoms with Crippen LogP contribution in [0.15, 0.2) is 78.9 Å². The molecule has 9 heteroatoms. The summed E-state index contributed by atoms with van der Waals surface area (Å²) >= 11 is 0. The highest BCUT2D eigenvalue weighted by atomic mass is 16.7. The fourth-order valence-corrected chi connectivity index (χ4v) is 4.59. The minimum Gasteiger partial charge on any atom is -0.492 e. The molecule has 3 aromatic carbocycles. The van der Waals surface area contributed by atoms with Crippen LogP contribution in [0.1, 0.15) is 18.5 Å². The number of nitrogens with zero attached hydrogens (tertiary/aromatic N) is 3. The summed E-state index contributed by atoms with van der Waals surface area (Å²) in [4.78, 5) is 45.7. The molecule has 0 radical (unpaired) electrons. The van der Waals surface area contributed by atoms with Gasteiger partial charge in [0.15, 0.2) is 6.10 Å². The first-order chi connectivity index (χ1) is 16.5. The van der Waals surface area contributed by atoms with E-state index >= 15 is 0 Å². The lowest BCUT2D eigenvalue weighted by molar-refractivity contribution is -0.385. The van der Waals surface area contributed by atoms with Gasteiger partial charge in [0.1, 0.15) is 17.7 Å². The van der Waals surface area contributed by atoms with E-state index in [0.29, 0.717) is 29.3 Å². The molecule has 172 valence electrons. The number of carbonyl (C=O) groups is 2. The van der Waals surface area contributed by atoms with Crippen molar-refractivity contribution in [3.8, 4) is 5.75 Å². The summed E-state index contributed by atoms with van der Waals surface area (Å²) in [6.45, 7) is 2.17. The molecule has 0 bridgehead atoms. The highest BCUT2D eigenvalue weighted by molar-refractivity contribution is 6.24. The Morgan fingerprint density at radius 1 is 0.941 bits per heavy atom. The van der Waals surface area contributed by atoms with Crippen molar-refractivity contribution in [3.05, 3.63) is 94.5 Å². The van der Waals surface area contributed by atoms with E-state index in [1.807, 2.05) is 13.0 Å². The van der Waals surface area contributed by atoms with Crippen LogP contribution in [0.25, 0.3) is 0 Å². The average molecular weight is 459 g/mol. The number of amides is 2. The van der Waals surface area contributed by atoms with E-state index in [-0.39, 0.29) is 5.69 Å². The Labute approximate surface area is 195 Å². The van der Waals surface area contributed by atoms with Gasteiger partial charge in [-0.25, -0.2) is 9.96 Å². The number of anilines is 2. The fraction of sp³-hybridized carbons (Fsp3) is 0.200. The molecule has 3 atom stereocenters. The van der Waals surface area contributed by atoms with Crippen molar-refractivity contribution < 1.29 is 24.1 Å². The lowest BCUT2D eigenvalue weighted by Crippen LogP contribution is -2.37. The van der Waals surface area contributed by atoms with Crippen LogP contribution in [-0.2, 0) is 14.4 Å². The molecule has 3 aromatic rings. The van der Waals surface area contributed by atoms with E-state index in [1.165, 1.54) is 11.1 Å². The molecular weight excluding hydrogens is 438 g/mol. The van der Waals surface area contributed by atoms with Crippen LogP contribution in [0.3, 0.4) is 0 Å². The number of nitro groups is 1. The van der Waals surface area contributed by atoms with Gasteiger partial charge in [0.25, 0.3) is 11.6 Å². The number of hydroxylamine groups is 1. The van der Waals surface area contributed by atoms with Crippen LogP contribution >= 0.6 is 0 Å². The predicted molar refractivity (Wildman–Crippen MR) is 123 cm³/mol. The van der Waals surface area contributed by atoms with Gasteiger partial charge in [-0.2, -0.15) is 0 Å². The molecule has 0 spiro atoms. The van der Waals surface area contributed by atoms with Crippen molar-refractivity contribution in [2.75, 3.05) is 16.6 Å². The number of carbonyl (C=O) groups excluding carboxylic acids is 2. The number of nitro benzene ring substituents is 1. The van der Waals surface area contributed by atoms with E-state index in [4.69, 9.17) is 9.57 Å². The second-order valence-corrected chi connectivity index (χ2v) is 7.89. The highest BCUT2D eigenvalue weighted by Gasteiger charge is 2.61. The van der Waals surface area contributed by atoms with Gasteiger partial charge < -0.3 is 4.74 Å². The summed E-state index contributed by atoms with van der Waals surface area (Å²) in [5.41, 5.74) is 1.06. The third kappa shape index (κ3) is 3.37. The number of imide groups is 1. The lowest BCUT2D eigenvalue weighted by atomic mass is 9.89. The first-order valence-corrected chi connectivity index (χ1v) is 10.9. The summed E-state index contributed by atoms with van der Waals surface area (Å²) in [5, 5.41) is 13.3. The Hall–Kier alpha value is -4.24. The first-order valence-electron chi connectivity index (χ1n) is 10.9. The normalized spacial score (nSPS) is 21.6. The quantitative estimate of drug-likeness (QED) is 0.311. The summed E-state index contributed by atoms with van der Waals surface area (Å²) in [7, 11) is 0. The number of hydrogen-bond acceptors (Lipinski definition) is 7. The van der Waals surface area contributed by atoms with Crippen LogP contribution in [-0.4, -0.2) is 29.4 Å². The summed E-state index contributed by atoms with van der Waals surface area (Å²) < 4.78 is 5.63. The molecule has 2 aliphatic heterocycles. The second-order valence-electron chi connectivity index (χ2n) is 7.89. The maximum Gasteiger partial charge on any atom is 0.274 e. The van der Waals surface area contributed by atoms with Gasteiger partial charge >= 0.3 is 0 Å². The molecule has 5 rings (SSSR count). The Balaban J connectivity index is 1.63. The first kappa shape index (κ1) is 21.6. The van der Waals surface area contributed by atoms with Crippen molar-refractivity contribution >= 4 is 28.9 Å². The highest BCUT2D eigenvalue weighted by Crippen LogP contribution is 2.50. The molecule has 0 aliphatic carbocycles. The smallest absolute Gasteiger partial charge is 0.274 e. The lowest BCUT2D eigenvalue weighted by Gasteiger charge is -2.28. The molecule has 2 amide bonds. The molecule has 2 heterocycles. The molecule has 2 aliphatic rings. The Bertz CT molecular complexity index is 1260. The predicted octanol–water partition coefficient (Wildman–Crippen LogP) is 4.04. The van der Waals surface area contributed by atoms with Gasteiger partial charge in [0.2, 0.25) is 5.91 Å². The number of benzene rings is 3. The molecule has 2 fully saturated rings. The van der Waals surface area contributed by atoms with Crippen LogP contribution < -0.4 is 14.7 Å². The van der Waals surface area contributed by atoms with Crippen molar-refractivity contribution in [1.82, 2.24) is 0 Å². The van der Waals surface area contributed by atoms with Crippen LogP contribution in [0.4, 0.5) is 17.1 Å². The molecule has 0 aromatic heterocycles. The van der Waals surface area contributed by atoms with Crippen molar-refractivity contribution in [2.45, 2.75) is 19.1 Å². The van der Waals surface area contributed by atoms with Crippen molar-refractivity contribution in [3.63, 3.8) is 0 Å². The van der Waals surface area contributed by atoms with Crippen molar-refractivity contribution in [2.24, 2.45) is 5.92 Å². The van der Waals surface area contributed by atoms with E-state index in [2.05, 4.69) is 0 Å². The molecule has 34 heavy (non-hydrogen) atoms. The zero-order chi connectivity index (χ0) is 23.8. The van der Waals surface area contributed by atoms with Gasteiger partial charge in [-0.1, -0.05) is 42.5 Å². The molecule has 2 saturated heterocycles. The van der Waals surface area contributed by atoms with E-state index in [1.54, 1.807) is 66.7 Å². The third-order valence-corrected chi connectivity index (χ3v) is 5.98. The summed E-state index contributed by atoms with van der Waals surface area (Å²) in [5.74, 6) is -1.62. The summed E-state index contributed by atoms with van der Waals surface area (Å²) in [6.07, 6.45) is -1.13. The monoisotopic (exact) mass is 459 g/mol. The second kappa shape index (κ2) is 8.60. The maximum absolute atomic E-state index is 13.8. The van der Waals surface area contributed by atoms with E-state index < -0.39 is 34.8 Å². The van der Waals surface area contributed by atoms with Gasteiger partial charge in [0, 0.05) is 6.07 Å². The largest absolute Gasteiger partial charge is 0.492 e. The van der Waals surface area contributed by atoms with Crippen LogP contribution in [0.2, 0.25) is 0 Å². The molecular formula is C25H21N3O6. The molecule has 0 N–H and O–H groups in total. The standard InChI is InChI=1S/C25H21N3O6/c1-2-33-20-15-9-8-14-19(20)26-24(29)21-22(17-12-6-7-13-18(17)28(31)32)27(34-23(21)25(26)30)16-10-4-3-5-11-16/h3-15,21-23H,2H2,1H3/t21-,22-,23-/m0/s1. The minimum absolute atomic E-state index is 0.147. The Morgan fingerprint density at radius 3 is 2.35 bits per heavy atom. The van der Waals surface area contributed by atoms with Gasteiger partial charge in [-0.3, -0.25) is 24.5 Å². The number of fused-ring (bicyclic) bond motifs is 1. The fourth-order valence-electron chi connectivity index (χ4n) is 4.59. The number of hydrogen-bond donors (Lipinski definition) is 0. The van der Waals surface area contributed by atoms with Crippen LogP contribution in [0, 0.1) is 16.0 Å². The topological polar surface area (TPSA) is 102 Å². The number of ether oxygens (including phenoxy) is 1. The third-order valence-electron chi connectivity index (χ3n) is 5.98. The van der Waals surface area contributed by atoms with E-state index in [0.717, 1.165) is 4.90 Å². The minimum atomic E-state index is -1.13. The Kier molecular flexibility index (Phi) is 5.46. The zero-order valence-electron chi connectivity index (χ0n) is 18.2. The average Bonchev–Trinajstić information content (AvgIpc) is 3.36. The SMILES string of the molecule is CCOc1ccccc1N1C(=O)[C@@H]2[C@H](ON(c3ccccc3)[C@H]2c2ccccc2[N+](=O)[O-])C1=O. The van der Waals surface area contributed by atoms with Gasteiger partial charge in [-0.05, 0) is 37.3 Å². The Morgan fingerprint density at radius 2 is 1.62 bits per heavy atom. The zero-order valence-corrected chi connectivity index (χ0v) is 18.2. The van der Waals surface area contributed by atoms with Crippen molar-refractivity contribution in [1.29, 1.82) is 0 Å². The van der Waals surface area contributed by atoms with E-state index in [9.17, 15) is 19.7 Å². The number of para-hydroxylation sites is 4. The molecule has 9 nitrogen and oxygen atoms in total. The molecule has 0 unspecified atom stereocenters. The van der Waals surface area contributed by atoms with Gasteiger partial charge in [-0.15, -0.1) is 0 Å². The van der Waals surface area contributed by atoms with Gasteiger partial charge in [0.05, 0.1) is 28.5 Å². The summed E-state index contributed by atoms with van der Waals surface area (Å²) in [6, 6.07) is 21.0. The number of rotatable bonds is 6. The molecule has 0 saturated carbocycles. The maximum atomic E-state index is 13.8. The van der Waals surface area contributed by atoms with Crippen LogP contribution in [0.5, 0.6) is 5.75 Å².